The zero-order chi connectivity index (χ0) is 17.5. The van der Waals surface area contributed by atoms with E-state index in [-0.39, 0.29) is 17.4 Å². The molecule has 5 nitrogen and oxygen atoms in total. The monoisotopic (exact) mass is 326 g/mol. The minimum Gasteiger partial charge on any atom is -0.338 e. The molecule has 0 bridgehead atoms. The molecule has 1 saturated heterocycles. The van der Waals surface area contributed by atoms with Crippen LogP contribution in [-0.4, -0.2) is 39.7 Å². The lowest BCUT2D eigenvalue weighted by Crippen LogP contribution is -2.54. The van der Waals surface area contributed by atoms with Gasteiger partial charge in [0.15, 0.2) is 0 Å². The fraction of sp³-hybridized carbons (Fsp3) is 0.474. The standard InChI is InChI=1S/C19H26N4O/c1-13-6-5-7-15(10-13)23-14(2)16(11-21-23)18(24)22-9-8-17(20)19(3,4)12-22/h5-7,10-11,17H,8-9,12,20H2,1-4H3. The maximum Gasteiger partial charge on any atom is 0.257 e. The van der Waals surface area contributed by atoms with Crippen LogP contribution in [0.15, 0.2) is 30.5 Å². The summed E-state index contributed by atoms with van der Waals surface area (Å²) in [5.41, 5.74) is 9.81. The summed E-state index contributed by atoms with van der Waals surface area (Å²) < 4.78 is 1.83. The highest BCUT2D eigenvalue weighted by Crippen LogP contribution is 2.29. The van der Waals surface area contributed by atoms with Gasteiger partial charge in [-0.2, -0.15) is 5.10 Å². The van der Waals surface area contributed by atoms with E-state index in [1.165, 1.54) is 5.56 Å². The van der Waals surface area contributed by atoms with E-state index in [0.717, 1.165) is 17.8 Å². The first-order valence-electron chi connectivity index (χ1n) is 8.46. The first-order valence-corrected chi connectivity index (χ1v) is 8.46. The highest BCUT2D eigenvalue weighted by Gasteiger charge is 2.36. The fourth-order valence-corrected chi connectivity index (χ4v) is 3.36. The number of aromatic nitrogens is 2. The molecule has 3 rings (SSSR count). The normalized spacial score (nSPS) is 20.2. The number of rotatable bonds is 2. The summed E-state index contributed by atoms with van der Waals surface area (Å²) in [4.78, 5) is 14.9. The average molecular weight is 326 g/mol. The lowest BCUT2D eigenvalue weighted by molar-refractivity contribution is 0.0532. The summed E-state index contributed by atoms with van der Waals surface area (Å²) in [5, 5.41) is 4.44. The van der Waals surface area contributed by atoms with Crippen LogP contribution in [0.3, 0.4) is 0 Å². The van der Waals surface area contributed by atoms with Gasteiger partial charge in [0.05, 0.1) is 23.1 Å². The summed E-state index contributed by atoms with van der Waals surface area (Å²) in [6.07, 6.45) is 2.52. The highest BCUT2D eigenvalue weighted by molar-refractivity contribution is 5.95. The Morgan fingerprint density at radius 1 is 1.33 bits per heavy atom. The molecule has 24 heavy (non-hydrogen) atoms. The smallest absolute Gasteiger partial charge is 0.257 e. The maximum absolute atomic E-state index is 13.0. The molecule has 0 radical (unpaired) electrons. The highest BCUT2D eigenvalue weighted by atomic mass is 16.2. The lowest BCUT2D eigenvalue weighted by Gasteiger charge is -2.42. The van der Waals surface area contributed by atoms with Crippen LogP contribution < -0.4 is 5.73 Å². The quantitative estimate of drug-likeness (QED) is 0.923. The van der Waals surface area contributed by atoms with Crippen molar-refractivity contribution in [2.75, 3.05) is 13.1 Å². The van der Waals surface area contributed by atoms with Crippen molar-refractivity contribution in [3.63, 3.8) is 0 Å². The molecule has 1 aromatic carbocycles. The Bertz CT molecular complexity index is 762. The van der Waals surface area contributed by atoms with Crippen molar-refractivity contribution in [3.8, 4) is 5.69 Å². The molecule has 2 heterocycles. The van der Waals surface area contributed by atoms with Gasteiger partial charge in [0.25, 0.3) is 5.91 Å². The summed E-state index contributed by atoms with van der Waals surface area (Å²) in [5.74, 6) is 0.0476. The van der Waals surface area contributed by atoms with E-state index in [2.05, 4.69) is 25.0 Å². The number of nitrogens with two attached hydrogens (primary N) is 1. The number of nitrogens with zero attached hydrogens (tertiary/aromatic N) is 3. The zero-order valence-electron chi connectivity index (χ0n) is 14.9. The molecule has 1 amide bonds. The van der Waals surface area contributed by atoms with Crippen LogP contribution >= 0.6 is 0 Å². The molecule has 2 N–H and O–H groups in total. The molecule has 0 saturated carbocycles. The number of hydrogen-bond acceptors (Lipinski definition) is 3. The maximum atomic E-state index is 13.0. The van der Waals surface area contributed by atoms with E-state index in [0.29, 0.717) is 18.7 Å². The van der Waals surface area contributed by atoms with Crippen LogP contribution in [0.5, 0.6) is 0 Å². The minimum absolute atomic E-state index is 0.0476. The first-order chi connectivity index (χ1) is 11.3. The number of piperidine rings is 1. The predicted molar refractivity (Wildman–Crippen MR) is 95.3 cm³/mol. The number of carbonyl (C=O) groups is 1. The molecule has 0 spiro atoms. The summed E-state index contributed by atoms with van der Waals surface area (Å²) in [7, 11) is 0. The van der Waals surface area contributed by atoms with Gasteiger partial charge in [0, 0.05) is 19.1 Å². The van der Waals surface area contributed by atoms with E-state index in [1.807, 2.05) is 41.6 Å². The number of carbonyl (C=O) groups excluding carboxylic acids is 1. The van der Waals surface area contributed by atoms with E-state index >= 15 is 0 Å². The third-order valence-corrected chi connectivity index (χ3v) is 5.09. The van der Waals surface area contributed by atoms with Crippen LogP contribution in [0.1, 0.15) is 41.9 Å². The number of amides is 1. The second-order valence-corrected chi connectivity index (χ2v) is 7.50. The topological polar surface area (TPSA) is 64.2 Å². The second kappa shape index (κ2) is 6.06. The molecule has 1 unspecified atom stereocenters. The van der Waals surface area contributed by atoms with E-state index in [9.17, 15) is 4.79 Å². The summed E-state index contributed by atoms with van der Waals surface area (Å²) in [6.45, 7) is 9.64. The Kier molecular flexibility index (Phi) is 4.22. The van der Waals surface area contributed by atoms with Crippen molar-refractivity contribution in [2.45, 2.75) is 40.2 Å². The first kappa shape index (κ1) is 16.7. The van der Waals surface area contributed by atoms with Gasteiger partial charge < -0.3 is 10.6 Å². The Labute approximate surface area is 143 Å². The molecule has 5 heteroatoms. The Balaban J connectivity index is 1.87. The summed E-state index contributed by atoms with van der Waals surface area (Å²) >= 11 is 0. The number of hydrogen-bond donors (Lipinski definition) is 1. The Morgan fingerprint density at radius 2 is 2.08 bits per heavy atom. The summed E-state index contributed by atoms with van der Waals surface area (Å²) in [6, 6.07) is 8.26. The number of aryl methyl sites for hydroxylation is 1. The van der Waals surface area contributed by atoms with Crippen molar-refractivity contribution < 1.29 is 4.79 Å². The van der Waals surface area contributed by atoms with Gasteiger partial charge in [-0.1, -0.05) is 26.0 Å². The number of benzene rings is 1. The lowest BCUT2D eigenvalue weighted by atomic mass is 9.79. The van der Waals surface area contributed by atoms with Gasteiger partial charge in [0.1, 0.15) is 0 Å². The zero-order valence-corrected chi connectivity index (χ0v) is 14.9. The van der Waals surface area contributed by atoms with Gasteiger partial charge in [-0.05, 0) is 43.4 Å². The molecule has 1 aliphatic rings. The fourth-order valence-electron chi connectivity index (χ4n) is 3.36. The van der Waals surface area contributed by atoms with Crippen molar-refractivity contribution >= 4 is 5.91 Å². The molecule has 0 aliphatic carbocycles. The minimum atomic E-state index is -0.0612. The van der Waals surface area contributed by atoms with Gasteiger partial charge >= 0.3 is 0 Å². The molecule has 1 fully saturated rings. The number of likely N-dealkylation sites (tertiary alicyclic amines) is 1. The van der Waals surface area contributed by atoms with Crippen molar-refractivity contribution in [3.05, 3.63) is 47.3 Å². The third kappa shape index (κ3) is 2.96. The van der Waals surface area contributed by atoms with Crippen molar-refractivity contribution in [2.24, 2.45) is 11.1 Å². The van der Waals surface area contributed by atoms with E-state index in [1.54, 1.807) is 6.20 Å². The largest absolute Gasteiger partial charge is 0.338 e. The third-order valence-electron chi connectivity index (χ3n) is 5.09. The Hall–Kier alpha value is -2.14. The van der Waals surface area contributed by atoms with Crippen LogP contribution in [-0.2, 0) is 0 Å². The van der Waals surface area contributed by atoms with Crippen LogP contribution in [0.2, 0.25) is 0 Å². The van der Waals surface area contributed by atoms with Gasteiger partial charge in [-0.25, -0.2) is 4.68 Å². The predicted octanol–water partition coefficient (Wildman–Crippen LogP) is 2.69. The van der Waals surface area contributed by atoms with Crippen LogP contribution in [0.25, 0.3) is 5.69 Å². The molecular weight excluding hydrogens is 300 g/mol. The molecule has 2 aromatic rings. The van der Waals surface area contributed by atoms with Crippen LogP contribution in [0, 0.1) is 19.3 Å². The molecule has 1 atom stereocenters. The second-order valence-electron chi connectivity index (χ2n) is 7.50. The van der Waals surface area contributed by atoms with Crippen LogP contribution in [0.4, 0.5) is 0 Å². The van der Waals surface area contributed by atoms with Crippen molar-refractivity contribution in [1.29, 1.82) is 0 Å². The SMILES string of the molecule is Cc1cccc(-n2ncc(C(=O)N3CCC(N)C(C)(C)C3)c2C)c1. The van der Waals surface area contributed by atoms with Gasteiger partial charge in [-0.15, -0.1) is 0 Å². The van der Waals surface area contributed by atoms with E-state index < -0.39 is 0 Å². The van der Waals surface area contributed by atoms with Crippen molar-refractivity contribution in [1.82, 2.24) is 14.7 Å². The molecular formula is C19H26N4O. The van der Waals surface area contributed by atoms with E-state index in [4.69, 9.17) is 5.73 Å². The molecule has 1 aromatic heterocycles. The van der Waals surface area contributed by atoms with Gasteiger partial charge in [0.2, 0.25) is 0 Å². The Morgan fingerprint density at radius 3 is 2.75 bits per heavy atom. The average Bonchev–Trinajstić information content (AvgIpc) is 2.91. The van der Waals surface area contributed by atoms with Gasteiger partial charge in [-0.3, -0.25) is 4.79 Å². The molecule has 128 valence electrons. The molecule has 1 aliphatic heterocycles.